The van der Waals surface area contributed by atoms with E-state index < -0.39 is 0 Å². The largest absolute Gasteiger partial charge is 0.488 e. The second-order valence-corrected chi connectivity index (χ2v) is 5.17. The predicted molar refractivity (Wildman–Crippen MR) is 82.1 cm³/mol. The Bertz CT molecular complexity index is 632. The van der Waals surface area contributed by atoms with Gasteiger partial charge >= 0.3 is 0 Å². The fourth-order valence-electron chi connectivity index (χ4n) is 1.81. The third-order valence-corrected chi connectivity index (χ3v) is 3.55. The van der Waals surface area contributed by atoms with Crippen molar-refractivity contribution in [1.29, 1.82) is 0 Å². The molecule has 0 amide bonds. The maximum absolute atomic E-state index is 12.3. The maximum atomic E-state index is 12.3. The molecule has 0 atom stereocenters. The maximum Gasteiger partial charge on any atom is 0.293 e. The lowest BCUT2D eigenvalue weighted by molar-refractivity contribution is 0.310. The summed E-state index contributed by atoms with van der Waals surface area (Å²) >= 11 is 12.2. The SMILES string of the molecule is CCCOc1cccn(Cc2c(Cl)cccc2Cl)c1=O. The summed E-state index contributed by atoms with van der Waals surface area (Å²) in [6, 6.07) is 8.73. The van der Waals surface area contributed by atoms with Gasteiger partial charge in [0.2, 0.25) is 0 Å². The number of halogens is 2. The molecule has 3 nitrogen and oxygen atoms in total. The first-order chi connectivity index (χ1) is 9.63. The Labute approximate surface area is 127 Å². The normalized spacial score (nSPS) is 10.6. The monoisotopic (exact) mass is 311 g/mol. The van der Waals surface area contributed by atoms with Crippen LogP contribution in [0, 0.1) is 0 Å². The fourth-order valence-corrected chi connectivity index (χ4v) is 2.33. The molecule has 0 N–H and O–H groups in total. The molecule has 0 aliphatic rings. The minimum absolute atomic E-state index is 0.183. The molecule has 0 radical (unpaired) electrons. The van der Waals surface area contributed by atoms with E-state index in [9.17, 15) is 4.79 Å². The van der Waals surface area contributed by atoms with Crippen molar-refractivity contribution in [1.82, 2.24) is 4.57 Å². The number of aromatic nitrogens is 1. The van der Waals surface area contributed by atoms with Gasteiger partial charge in [-0.3, -0.25) is 4.79 Å². The van der Waals surface area contributed by atoms with Gasteiger partial charge in [0.1, 0.15) is 0 Å². The minimum atomic E-state index is -0.183. The van der Waals surface area contributed by atoms with Crippen molar-refractivity contribution in [3.05, 3.63) is 62.5 Å². The lowest BCUT2D eigenvalue weighted by Crippen LogP contribution is -2.22. The molecule has 2 aromatic rings. The highest BCUT2D eigenvalue weighted by Crippen LogP contribution is 2.24. The molecular weight excluding hydrogens is 297 g/mol. The smallest absolute Gasteiger partial charge is 0.293 e. The number of hydrogen-bond acceptors (Lipinski definition) is 2. The first-order valence-electron chi connectivity index (χ1n) is 6.38. The van der Waals surface area contributed by atoms with Gasteiger partial charge in [0.25, 0.3) is 5.56 Å². The minimum Gasteiger partial charge on any atom is -0.488 e. The van der Waals surface area contributed by atoms with Gasteiger partial charge in [-0.05, 0) is 30.7 Å². The Morgan fingerprint density at radius 1 is 1.15 bits per heavy atom. The van der Waals surface area contributed by atoms with Crippen molar-refractivity contribution >= 4 is 23.2 Å². The van der Waals surface area contributed by atoms with Gasteiger partial charge in [-0.1, -0.05) is 36.2 Å². The Hall–Kier alpha value is -1.45. The number of pyridine rings is 1. The van der Waals surface area contributed by atoms with Crippen molar-refractivity contribution in [2.75, 3.05) is 6.61 Å². The third kappa shape index (κ3) is 3.35. The van der Waals surface area contributed by atoms with Gasteiger partial charge in [-0.25, -0.2) is 0 Å². The number of rotatable bonds is 5. The van der Waals surface area contributed by atoms with Crippen LogP contribution in [0.4, 0.5) is 0 Å². The van der Waals surface area contributed by atoms with Gasteiger partial charge in [-0.15, -0.1) is 0 Å². The molecule has 5 heteroatoms. The van der Waals surface area contributed by atoms with Crippen LogP contribution in [0.3, 0.4) is 0 Å². The number of benzene rings is 1. The molecule has 0 fully saturated rings. The molecule has 0 saturated carbocycles. The van der Waals surface area contributed by atoms with Crippen molar-refractivity contribution in [3.63, 3.8) is 0 Å². The van der Waals surface area contributed by atoms with Crippen LogP contribution in [0.1, 0.15) is 18.9 Å². The summed E-state index contributed by atoms with van der Waals surface area (Å²) in [5, 5.41) is 1.09. The highest BCUT2D eigenvalue weighted by atomic mass is 35.5. The molecular formula is C15H15Cl2NO2. The topological polar surface area (TPSA) is 31.2 Å². The summed E-state index contributed by atoms with van der Waals surface area (Å²) in [5.41, 5.74) is 0.544. The van der Waals surface area contributed by atoms with Crippen LogP contribution < -0.4 is 10.3 Å². The summed E-state index contributed by atoms with van der Waals surface area (Å²) in [5.74, 6) is 0.345. The van der Waals surface area contributed by atoms with Crippen LogP contribution in [-0.4, -0.2) is 11.2 Å². The molecule has 1 aromatic carbocycles. The van der Waals surface area contributed by atoms with Crippen LogP contribution in [-0.2, 0) is 6.54 Å². The van der Waals surface area contributed by atoms with Crippen LogP contribution in [0.5, 0.6) is 5.75 Å². The van der Waals surface area contributed by atoms with Crippen LogP contribution >= 0.6 is 23.2 Å². The molecule has 0 saturated heterocycles. The second kappa shape index (κ2) is 6.82. The highest BCUT2D eigenvalue weighted by molar-refractivity contribution is 6.35. The number of hydrogen-bond donors (Lipinski definition) is 0. The Kier molecular flexibility index (Phi) is 5.10. The van der Waals surface area contributed by atoms with E-state index in [1.165, 1.54) is 4.57 Å². The van der Waals surface area contributed by atoms with E-state index in [1.807, 2.05) is 6.92 Å². The van der Waals surface area contributed by atoms with E-state index >= 15 is 0 Å². The van der Waals surface area contributed by atoms with Crippen molar-refractivity contribution < 1.29 is 4.74 Å². The zero-order valence-corrected chi connectivity index (χ0v) is 12.6. The van der Waals surface area contributed by atoms with Crippen LogP contribution in [0.15, 0.2) is 41.3 Å². The number of ether oxygens (including phenoxy) is 1. The van der Waals surface area contributed by atoms with Gasteiger partial charge < -0.3 is 9.30 Å². The standard InChI is InChI=1S/C15H15Cl2NO2/c1-2-9-20-14-7-4-8-18(15(14)19)10-11-12(16)5-3-6-13(11)17/h3-8H,2,9-10H2,1H3. The van der Waals surface area contributed by atoms with Crippen molar-refractivity contribution in [2.24, 2.45) is 0 Å². The Balaban J connectivity index is 2.32. The number of nitrogens with zero attached hydrogens (tertiary/aromatic N) is 1. The van der Waals surface area contributed by atoms with E-state index in [4.69, 9.17) is 27.9 Å². The molecule has 0 aliphatic carbocycles. The molecule has 0 aliphatic heterocycles. The molecule has 1 aromatic heterocycles. The lowest BCUT2D eigenvalue weighted by atomic mass is 10.2. The highest BCUT2D eigenvalue weighted by Gasteiger charge is 2.09. The van der Waals surface area contributed by atoms with E-state index in [2.05, 4.69) is 0 Å². The van der Waals surface area contributed by atoms with E-state index in [-0.39, 0.29) is 5.56 Å². The zero-order chi connectivity index (χ0) is 14.5. The molecule has 106 valence electrons. The summed E-state index contributed by atoms with van der Waals surface area (Å²) in [4.78, 5) is 12.3. The summed E-state index contributed by atoms with van der Waals surface area (Å²) in [6.45, 7) is 2.83. The van der Waals surface area contributed by atoms with Gasteiger partial charge in [0.15, 0.2) is 5.75 Å². The van der Waals surface area contributed by atoms with Crippen LogP contribution in [0.2, 0.25) is 10.0 Å². The Morgan fingerprint density at radius 2 is 1.85 bits per heavy atom. The van der Waals surface area contributed by atoms with Gasteiger partial charge in [0, 0.05) is 21.8 Å². The summed E-state index contributed by atoms with van der Waals surface area (Å²) < 4.78 is 6.97. The summed E-state index contributed by atoms with van der Waals surface area (Å²) in [6.07, 6.45) is 2.55. The van der Waals surface area contributed by atoms with Crippen molar-refractivity contribution in [2.45, 2.75) is 19.9 Å². The first-order valence-corrected chi connectivity index (χ1v) is 7.14. The Morgan fingerprint density at radius 3 is 2.50 bits per heavy atom. The lowest BCUT2D eigenvalue weighted by Gasteiger charge is -2.11. The molecule has 20 heavy (non-hydrogen) atoms. The van der Waals surface area contributed by atoms with Crippen LogP contribution in [0.25, 0.3) is 0 Å². The van der Waals surface area contributed by atoms with Gasteiger partial charge in [0.05, 0.1) is 13.2 Å². The predicted octanol–water partition coefficient (Wildman–Crippen LogP) is 3.99. The molecule has 0 unspecified atom stereocenters. The quantitative estimate of drug-likeness (QED) is 0.836. The third-order valence-electron chi connectivity index (χ3n) is 2.84. The summed E-state index contributed by atoms with van der Waals surface area (Å²) in [7, 11) is 0. The second-order valence-electron chi connectivity index (χ2n) is 4.35. The van der Waals surface area contributed by atoms with Gasteiger partial charge in [-0.2, -0.15) is 0 Å². The molecule has 0 spiro atoms. The average Bonchev–Trinajstić information content (AvgIpc) is 2.43. The van der Waals surface area contributed by atoms with Crippen molar-refractivity contribution in [3.8, 4) is 5.75 Å². The first kappa shape index (κ1) is 14.9. The average molecular weight is 312 g/mol. The zero-order valence-electron chi connectivity index (χ0n) is 11.1. The van der Waals surface area contributed by atoms with E-state index in [0.29, 0.717) is 28.9 Å². The van der Waals surface area contributed by atoms with E-state index in [1.54, 1.807) is 36.5 Å². The fraction of sp³-hybridized carbons (Fsp3) is 0.267. The molecule has 1 heterocycles. The van der Waals surface area contributed by atoms with E-state index in [0.717, 1.165) is 12.0 Å². The molecule has 0 bridgehead atoms. The molecule has 2 rings (SSSR count).